The summed E-state index contributed by atoms with van der Waals surface area (Å²) in [5.41, 5.74) is -1.15. The highest BCUT2D eigenvalue weighted by Crippen LogP contribution is 2.51. The molecule has 1 aromatic heterocycles. The van der Waals surface area contributed by atoms with Crippen molar-refractivity contribution < 1.29 is 14.7 Å². The van der Waals surface area contributed by atoms with E-state index in [9.17, 15) is 14.7 Å². The number of hydrogen-bond donors (Lipinski definition) is 1. The molecule has 3 fully saturated rings. The molecular formula is C17H24N4O3. The van der Waals surface area contributed by atoms with Crippen LogP contribution in [-0.4, -0.2) is 69.6 Å². The van der Waals surface area contributed by atoms with Gasteiger partial charge < -0.3 is 19.5 Å². The highest BCUT2D eigenvalue weighted by molar-refractivity contribution is 5.87. The molecule has 0 spiro atoms. The number of imidazole rings is 1. The molecule has 1 aliphatic carbocycles. The molecule has 7 nitrogen and oxygen atoms in total. The zero-order valence-corrected chi connectivity index (χ0v) is 14.0. The Morgan fingerprint density at radius 3 is 2.75 bits per heavy atom. The normalized spacial score (nSPS) is 31.7. The Balaban J connectivity index is 1.53. The zero-order valence-electron chi connectivity index (χ0n) is 14.0. The number of carboxylic acids is 1. The first kappa shape index (κ1) is 15.6. The van der Waals surface area contributed by atoms with E-state index in [1.165, 1.54) is 0 Å². The molecule has 2 atom stereocenters. The Bertz CT molecular complexity index is 655. The van der Waals surface area contributed by atoms with Crippen molar-refractivity contribution in [2.45, 2.75) is 25.8 Å². The molecule has 3 aliphatic rings. The molecule has 1 amide bonds. The molecule has 1 saturated carbocycles. The second-order valence-corrected chi connectivity index (χ2v) is 7.89. The molecule has 1 N–H and O–H groups in total. The lowest BCUT2D eigenvalue weighted by Gasteiger charge is -2.39. The van der Waals surface area contributed by atoms with Crippen LogP contribution in [0.3, 0.4) is 0 Å². The van der Waals surface area contributed by atoms with Crippen molar-refractivity contribution in [1.29, 1.82) is 0 Å². The zero-order chi connectivity index (χ0) is 16.9. The number of aromatic nitrogens is 2. The lowest BCUT2D eigenvalue weighted by molar-refractivity contribution is -0.154. The molecule has 130 valence electrons. The smallest absolute Gasteiger partial charge is 0.313 e. The molecule has 2 saturated heterocycles. The lowest BCUT2D eigenvalue weighted by Crippen LogP contribution is -2.52. The predicted octanol–water partition coefficient (Wildman–Crippen LogP) is 0.528. The number of amides is 1. The van der Waals surface area contributed by atoms with Crippen LogP contribution < -0.4 is 0 Å². The molecular weight excluding hydrogens is 308 g/mol. The minimum atomic E-state index is -0.798. The maximum Gasteiger partial charge on any atom is 0.313 e. The van der Waals surface area contributed by atoms with Gasteiger partial charge in [0.1, 0.15) is 5.41 Å². The SMILES string of the molecule is CN1CC[C@H]2CN(C(=O)C3(Cn4ccnc4)CC3)C[C@@]2(C(=O)O)C1. The first-order valence-corrected chi connectivity index (χ1v) is 8.62. The van der Waals surface area contributed by atoms with Gasteiger partial charge in [-0.1, -0.05) is 0 Å². The van der Waals surface area contributed by atoms with Crippen LogP contribution in [0.2, 0.25) is 0 Å². The fourth-order valence-corrected chi connectivity index (χ4v) is 4.58. The number of rotatable bonds is 4. The van der Waals surface area contributed by atoms with Crippen molar-refractivity contribution >= 4 is 11.9 Å². The van der Waals surface area contributed by atoms with Crippen molar-refractivity contribution in [1.82, 2.24) is 19.4 Å². The van der Waals surface area contributed by atoms with Gasteiger partial charge in [-0.3, -0.25) is 9.59 Å². The van der Waals surface area contributed by atoms with E-state index in [4.69, 9.17) is 0 Å². The minimum absolute atomic E-state index is 0.0687. The van der Waals surface area contributed by atoms with Crippen LogP contribution in [0.1, 0.15) is 19.3 Å². The van der Waals surface area contributed by atoms with Gasteiger partial charge in [-0.05, 0) is 38.8 Å². The Hall–Kier alpha value is -1.89. The summed E-state index contributed by atoms with van der Waals surface area (Å²) in [7, 11) is 1.97. The summed E-state index contributed by atoms with van der Waals surface area (Å²) >= 11 is 0. The number of likely N-dealkylation sites (tertiary alicyclic amines) is 2. The van der Waals surface area contributed by atoms with Gasteiger partial charge in [0, 0.05) is 38.6 Å². The fourth-order valence-electron chi connectivity index (χ4n) is 4.58. The molecule has 2 aliphatic heterocycles. The van der Waals surface area contributed by atoms with Gasteiger partial charge >= 0.3 is 5.97 Å². The highest BCUT2D eigenvalue weighted by atomic mass is 16.4. The van der Waals surface area contributed by atoms with E-state index in [2.05, 4.69) is 9.88 Å². The summed E-state index contributed by atoms with van der Waals surface area (Å²) in [4.78, 5) is 33.1. The Labute approximate surface area is 141 Å². The average molecular weight is 332 g/mol. The maximum absolute atomic E-state index is 13.1. The second kappa shape index (κ2) is 5.31. The van der Waals surface area contributed by atoms with Gasteiger partial charge in [-0.25, -0.2) is 4.98 Å². The van der Waals surface area contributed by atoms with Crippen LogP contribution in [0.25, 0.3) is 0 Å². The number of aliphatic carboxylic acids is 1. The molecule has 0 aromatic carbocycles. The van der Waals surface area contributed by atoms with E-state index in [1.54, 1.807) is 12.5 Å². The first-order valence-electron chi connectivity index (χ1n) is 8.62. The van der Waals surface area contributed by atoms with E-state index < -0.39 is 11.4 Å². The number of hydrogen-bond acceptors (Lipinski definition) is 4. The van der Waals surface area contributed by atoms with Crippen LogP contribution in [-0.2, 0) is 16.1 Å². The molecule has 24 heavy (non-hydrogen) atoms. The van der Waals surface area contributed by atoms with Gasteiger partial charge in [-0.2, -0.15) is 0 Å². The van der Waals surface area contributed by atoms with Crippen LogP contribution in [0, 0.1) is 16.7 Å². The van der Waals surface area contributed by atoms with Crippen molar-refractivity contribution in [2.24, 2.45) is 16.7 Å². The monoisotopic (exact) mass is 332 g/mol. The van der Waals surface area contributed by atoms with E-state index in [0.717, 1.165) is 25.8 Å². The average Bonchev–Trinajstić information content (AvgIpc) is 2.96. The van der Waals surface area contributed by atoms with E-state index in [0.29, 0.717) is 26.2 Å². The summed E-state index contributed by atoms with van der Waals surface area (Å²) in [5, 5.41) is 9.87. The molecule has 7 heteroatoms. The molecule has 1 aromatic rings. The molecule has 4 rings (SSSR count). The summed E-state index contributed by atoms with van der Waals surface area (Å²) in [6.07, 6.45) is 7.95. The molecule has 0 bridgehead atoms. The quantitative estimate of drug-likeness (QED) is 0.870. The number of nitrogens with zero attached hydrogens (tertiary/aromatic N) is 4. The van der Waals surface area contributed by atoms with Crippen molar-refractivity contribution in [2.75, 3.05) is 33.2 Å². The molecule has 0 unspecified atom stereocenters. The van der Waals surface area contributed by atoms with Crippen LogP contribution >= 0.6 is 0 Å². The van der Waals surface area contributed by atoms with Crippen molar-refractivity contribution in [3.63, 3.8) is 0 Å². The minimum Gasteiger partial charge on any atom is -0.481 e. The predicted molar refractivity (Wildman–Crippen MR) is 86.1 cm³/mol. The summed E-state index contributed by atoms with van der Waals surface area (Å²) < 4.78 is 1.95. The summed E-state index contributed by atoms with van der Waals surface area (Å²) in [6.45, 7) is 3.02. The maximum atomic E-state index is 13.1. The van der Waals surface area contributed by atoms with E-state index >= 15 is 0 Å². The fraction of sp³-hybridized carbons (Fsp3) is 0.706. The van der Waals surface area contributed by atoms with E-state index in [1.807, 2.05) is 22.7 Å². The lowest BCUT2D eigenvalue weighted by atomic mass is 9.73. The topological polar surface area (TPSA) is 78.7 Å². The van der Waals surface area contributed by atoms with Crippen molar-refractivity contribution in [3.8, 4) is 0 Å². The first-order chi connectivity index (χ1) is 11.5. The van der Waals surface area contributed by atoms with Gasteiger partial charge in [0.25, 0.3) is 0 Å². The number of carbonyl (C=O) groups excluding carboxylic acids is 1. The van der Waals surface area contributed by atoms with Crippen LogP contribution in [0.15, 0.2) is 18.7 Å². The summed E-state index contributed by atoms with van der Waals surface area (Å²) in [6, 6.07) is 0. The third kappa shape index (κ3) is 2.33. The Kier molecular flexibility index (Phi) is 3.46. The van der Waals surface area contributed by atoms with Crippen molar-refractivity contribution in [3.05, 3.63) is 18.7 Å². The van der Waals surface area contributed by atoms with Gasteiger partial charge in [0.15, 0.2) is 0 Å². The number of carboxylic acid groups (broad SMARTS) is 1. The van der Waals surface area contributed by atoms with Crippen LogP contribution in [0.4, 0.5) is 0 Å². The number of carbonyl (C=O) groups is 2. The standard InChI is InChI=1S/C17H24N4O3/c1-19-6-2-13-8-21(11-17(13,10-19)15(23)24)14(22)16(3-4-16)9-20-7-5-18-12-20/h5,7,12-13H,2-4,6,8-11H2,1H3,(H,23,24)/t13-,17-/m0/s1. The number of fused-ring (bicyclic) bond motifs is 1. The largest absolute Gasteiger partial charge is 0.481 e. The molecule has 3 heterocycles. The number of piperidine rings is 1. The highest BCUT2D eigenvalue weighted by Gasteiger charge is 2.59. The van der Waals surface area contributed by atoms with Crippen LogP contribution in [0.5, 0.6) is 0 Å². The summed E-state index contributed by atoms with van der Waals surface area (Å²) in [5.74, 6) is -0.554. The Morgan fingerprint density at radius 1 is 1.33 bits per heavy atom. The third-order valence-corrected chi connectivity index (χ3v) is 6.17. The molecule has 0 radical (unpaired) electrons. The second-order valence-electron chi connectivity index (χ2n) is 7.89. The van der Waals surface area contributed by atoms with Gasteiger partial charge in [0.05, 0.1) is 11.7 Å². The van der Waals surface area contributed by atoms with Gasteiger partial charge in [-0.15, -0.1) is 0 Å². The van der Waals surface area contributed by atoms with E-state index in [-0.39, 0.29) is 17.2 Å². The third-order valence-electron chi connectivity index (χ3n) is 6.17. The van der Waals surface area contributed by atoms with Gasteiger partial charge in [0.2, 0.25) is 5.91 Å². The Morgan fingerprint density at radius 2 is 2.12 bits per heavy atom.